The summed E-state index contributed by atoms with van der Waals surface area (Å²) >= 11 is 0. The molecule has 0 aromatic heterocycles. The van der Waals surface area contributed by atoms with Gasteiger partial charge in [-0.1, -0.05) is 282 Å². The smallest absolute Gasteiger partial charge is 0.462 e. The highest BCUT2D eigenvalue weighted by atomic mass is 31.2. The van der Waals surface area contributed by atoms with E-state index in [9.17, 15) is 19.0 Å². The molecule has 0 aliphatic heterocycles. The Kier molecular flexibility index (Phi) is 59.3. The van der Waals surface area contributed by atoms with Gasteiger partial charge in [0, 0.05) is 12.8 Å². The first-order valence-electron chi connectivity index (χ1n) is 33.1. The van der Waals surface area contributed by atoms with E-state index in [2.05, 4.69) is 160 Å². The molecule has 2 atom stereocenters. The number of ether oxygens (including phenoxy) is 2. The molecule has 2 unspecified atom stereocenters. The minimum atomic E-state index is -4.41. The van der Waals surface area contributed by atoms with Gasteiger partial charge in [0.25, 0.3) is 0 Å². The Bertz CT molecular complexity index is 1910. The molecule has 0 aliphatic rings. The van der Waals surface area contributed by atoms with Crippen LogP contribution < -0.4 is 0 Å². The van der Waals surface area contributed by atoms with E-state index < -0.39 is 26.5 Å². The van der Waals surface area contributed by atoms with Crippen LogP contribution >= 0.6 is 7.82 Å². The molecule has 0 aromatic carbocycles. The number of likely N-dealkylation sites (N-methyl/N-ethyl adjacent to an activating group) is 1. The topological polar surface area (TPSA) is 108 Å². The van der Waals surface area contributed by atoms with Crippen LogP contribution in [0.25, 0.3) is 0 Å². The quantitative estimate of drug-likeness (QED) is 0.0211. The highest BCUT2D eigenvalue weighted by Crippen LogP contribution is 2.43. The maximum Gasteiger partial charge on any atom is 0.472 e. The van der Waals surface area contributed by atoms with Gasteiger partial charge >= 0.3 is 19.8 Å². The normalized spacial score (nSPS) is 14.1. The van der Waals surface area contributed by atoms with E-state index in [0.29, 0.717) is 17.4 Å². The number of allylic oxidation sites excluding steroid dienone is 24. The Morgan fingerprint density at radius 1 is 0.386 bits per heavy atom. The number of nitrogens with zero attached hydrogens (tertiary/aromatic N) is 1. The molecule has 0 heterocycles. The third-order valence-electron chi connectivity index (χ3n) is 13.6. The Hall–Kier alpha value is -4.11. The summed E-state index contributed by atoms with van der Waals surface area (Å²) in [6.45, 7) is 4.27. The highest BCUT2D eigenvalue weighted by molar-refractivity contribution is 7.47. The van der Waals surface area contributed by atoms with Gasteiger partial charge in [-0.15, -0.1) is 0 Å². The summed E-state index contributed by atoms with van der Waals surface area (Å²) in [7, 11) is 1.44. The predicted molar refractivity (Wildman–Crippen MR) is 357 cm³/mol. The van der Waals surface area contributed by atoms with E-state index in [0.717, 1.165) is 109 Å². The van der Waals surface area contributed by atoms with Gasteiger partial charge in [-0.2, -0.15) is 0 Å². The molecule has 9 nitrogen and oxygen atoms in total. The van der Waals surface area contributed by atoms with E-state index in [-0.39, 0.29) is 32.0 Å². The van der Waals surface area contributed by atoms with Gasteiger partial charge in [-0.25, -0.2) is 4.57 Å². The van der Waals surface area contributed by atoms with Gasteiger partial charge in [-0.05, 0) is 103 Å². The number of hydrogen-bond donors (Lipinski definition) is 1. The van der Waals surface area contributed by atoms with Crippen molar-refractivity contribution in [3.05, 3.63) is 146 Å². The van der Waals surface area contributed by atoms with Crippen molar-refractivity contribution in [1.82, 2.24) is 0 Å². The number of hydrogen-bond acceptors (Lipinski definition) is 7. The molecule has 83 heavy (non-hydrogen) atoms. The molecular weight excluding hydrogens is 1050 g/mol. The summed E-state index contributed by atoms with van der Waals surface area (Å²) in [6.07, 6.45) is 92.3. The van der Waals surface area contributed by atoms with Crippen LogP contribution in [0.5, 0.6) is 0 Å². The summed E-state index contributed by atoms with van der Waals surface area (Å²) < 4.78 is 34.6. The number of carbonyl (C=O) groups is 2. The zero-order valence-corrected chi connectivity index (χ0v) is 54.5. The maximum absolute atomic E-state index is 12.8. The van der Waals surface area contributed by atoms with E-state index in [1.54, 1.807) is 0 Å². The molecule has 0 saturated heterocycles. The van der Waals surface area contributed by atoms with Crippen molar-refractivity contribution in [1.29, 1.82) is 0 Å². The fraction of sp³-hybridized carbons (Fsp3) is 0.644. The number of carbonyl (C=O) groups excluding carboxylic acids is 2. The molecule has 1 N–H and O–H groups in total. The lowest BCUT2D eigenvalue weighted by atomic mass is 10.0. The molecule has 0 spiro atoms. The molecule has 0 bridgehead atoms. The zero-order chi connectivity index (χ0) is 60.5. The second-order valence-electron chi connectivity index (χ2n) is 22.8. The Morgan fingerprint density at radius 3 is 1.02 bits per heavy atom. The highest BCUT2D eigenvalue weighted by Gasteiger charge is 2.27. The van der Waals surface area contributed by atoms with Crippen molar-refractivity contribution < 1.29 is 42.1 Å². The van der Waals surface area contributed by atoms with Crippen molar-refractivity contribution >= 4 is 19.8 Å². The van der Waals surface area contributed by atoms with E-state index in [1.807, 2.05) is 21.1 Å². The summed E-state index contributed by atoms with van der Waals surface area (Å²) in [5.41, 5.74) is 0. The fourth-order valence-electron chi connectivity index (χ4n) is 8.59. The molecule has 0 saturated carbocycles. The molecule has 0 amide bonds. The number of esters is 2. The molecule has 0 aliphatic carbocycles. The summed E-state index contributed by atoms with van der Waals surface area (Å²) in [4.78, 5) is 35.8. The monoisotopic (exact) mass is 1170 g/mol. The second-order valence-corrected chi connectivity index (χ2v) is 24.2. The van der Waals surface area contributed by atoms with Gasteiger partial charge in [0.15, 0.2) is 6.10 Å². The molecular formula is C73H123NO8P+. The zero-order valence-electron chi connectivity index (χ0n) is 53.6. The van der Waals surface area contributed by atoms with Crippen molar-refractivity contribution in [2.24, 2.45) is 0 Å². The Labute approximate surface area is 510 Å². The van der Waals surface area contributed by atoms with Crippen LogP contribution in [0.1, 0.15) is 251 Å². The summed E-state index contributed by atoms with van der Waals surface area (Å²) in [5, 5.41) is 0. The maximum atomic E-state index is 12.8. The largest absolute Gasteiger partial charge is 0.472 e. The molecule has 0 aromatic rings. The molecule has 0 fully saturated rings. The fourth-order valence-corrected chi connectivity index (χ4v) is 9.33. The van der Waals surface area contributed by atoms with Gasteiger partial charge in [0.2, 0.25) is 0 Å². The molecule has 0 rings (SSSR count). The number of rotatable bonds is 59. The summed E-state index contributed by atoms with van der Waals surface area (Å²) in [5.74, 6) is -0.851. The predicted octanol–water partition coefficient (Wildman–Crippen LogP) is 21.4. The van der Waals surface area contributed by atoms with Crippen LogP contribution in [-0.4, -0.2) is 74.9 Å². The number of unbranched alkanes of at least 4 members (excludes halogenated alkanes) is 21. The standard InChI is InChI=1S/C73H122NO8P/c1-6-8-10-12-14-16-18-20-22-24-26-28-29-30-31-32-33-34-35-36-37-38-39-40-41-42-43-44-45-46-48-50-52-54-56-58-60-62-64-66-73(76)82-71(70-81-83(77,78)80-68-67-74(3,4)5)69-79-72(75)65-63-61-59-57-55-53-51-49-47-27-25-23-21-19-17-15-13-11-9-7-2/h8,10,14,16,20,22,26,28,30-31,33-34,36-37,39-40,42-43,45-46,50,52,56,58,71H,6-7,9,11-13,15,17-19,21,23-25,27,29,32,35,38,41,44,47-49,51,53-55,57,59-70H2,1-5H3/p+1/b10-8-,16-14-,22-20-,28-26-,31-30-,34-33-,37-36-,40-39-,43-42-,46-45-,52-50-,58-56-. The van der Waals surface area contributed by atoms with Crippen molar-refractivity contribution in [2.75, 3.05) is 47.5 Å². The first kappa shape index (κ1) is 78.9. The van der Waals surface area contributed by atoms with Crippen LogP contribution in [-0.2, 0) is 32.7 Å². The average molecular weight is 1170 g/mol. The van der Waals surface area contributed by atoms with Gasteiger partial charge < -0.3 is 18.9 Å². The third-order valence-corrected chi connectivity index (χ3v) is 14.6. The minimum Gasteiger partial charge on any atom is -0.462 e. The number of quaternary nitrogens is 1. The third kappa shape index (κ3) is 66.9. The van der Waals surface area contributed by atoms with Crippen molar-refractivity contribution in [3.63, 3.8) is 0 Å². The average Bonchev–Trinajstić information content (AvgIpc) is 3.48. The Morgan fingerprint density at radius 2 is 0.687 bits per heavy atom. The second kappa shape index (κ2) is 62.4. The Balaban J connectivity index is 4.22. The van der Waals surface area contributed by atoms with Gasteiger partial charge in [-0.3, -0.25) is 18.6 Å². The first-order chi connectivity index (χ1) is 40.5. The lowest BCUT2D eigenvalue weighted by Gasteiger charge is -2.24. The van der Waals surface area contributed by atoms with Crippen LogP contribution in [0, 0.1) is 0 Å². The first-order valence-corrected chi connectivity index (χ1v) is 34.6. The van der Waals surface area contributed by atoms with Crippen LogP contribution in [0.3, 0.4) is 0 Å². The van der Waals surface area contributed by atoms with Crippen LogP contribution in [0.15, 0.2) is 146 Å². The lowest BCUT2D eigenvalue weighted by Crippen LogP contribution is -2.37. The minimum absolute atomic E-state index is 0.0169. The van der Waals surface area contributed by atoms with Crippen LogP contribution in [0.2, 0.25) is 0 Å². The van der Waals surface area contributed by atoms with Gasteiger partial charge in [0.1, 0.15) is 19.8 Å². The molecule has 0 radical (unpaired) electrons. The number of phosphoric ester groups is 1. The van der Waals surface area contributed by atoms with Crippen molar-refractivity contribution in [2.45, 2.75) is 258 Å². The summed E-state index contributed by atoms with van der Waals surface area (Å²) in [6, 6.07) is 0. The van der Waals surface area contributed by atoms with E-state index in [4.69, 9.17) is 18.5 Å². The van der Waals surface area contributed by atoms with Crippen molar-refractivity contribution in [3.8, 4) is 0 Å². The lowest BCUT2D eigenvalue weighted by molar-refractivity contribution is -0.870. The SMILES string of the molecule is CC/C=C\C/C=C\C/C=C\C/C=C\C/C=C\C/C=C\C/C=C\C/C=C\C/C=C\C/C=C\C/C=C\C/C=C\CCCCC(=O)OC(COC(=O)CCCCCCCCCCCCCCCCCCCCCC)COP(=O)(O)OCC[N+](C)(C)C. The number of phosphoric acid groups is 1. The molecule has 10 heteroatoms. The van der Waals surface area contributed by atoms with Crippen LogP contribution in [0.4, 0.5) is 0 Å². The van der Waals surface area contributed by atoms with Gasteiger partial charge in [0.05, 0.1) is 27.7 Å². The van der Waals surface area contributed by atoms with E-state index >= 15 is 0 Å². The van der Waals surface area contributed by atoms with E-state index in [1.165, 1.54) is 109 Å². The molecule has 472 valence electrons.